The third-order valence-corrected chi connectivity index (χ3v) is 4.10. The number of ether oxygens (including phenoxy) is 1. The lowest BCUT2D eigenvalue weighted by Gasteiger charge is -2.04. The van der Waals surface area contributed by atoms with Crippen LogP contribution in [0.1, 0.15) is 17.0 Å². The summed E-state index contributed by atoms with van der Waals surface area (Å²) in [5.41, 5.74) is 3.20. The van der Waals surface area contributed by atoms with E-state index in [9.17, 15) is 4.79 Å². The molecule has 0 aliphatic rings. The number of aryl methyl sites for hydroxylation is 1. The Balaban J connectivity index is 1.69. The van der Waals surface area contributed by atoms with Crippen molar-refractivity contribution in [2.45, 2.75) is 13.5 Å². The lowest BCUT2D eigenvalue weighted by molar-refractivity contribution is -0.139. The van der Waals surface area contributed by atoms with Crippen LogP contribution in [0.3, 0.4) is 0 Å². The summed E-state index contributed by atoms with van der Waals surface area (Å²) in [7, 11) is 0. The summed E-state index contributed by atoms with van der Waals surface area (Å²) in [5.74, 6) is -0.453. The Morgan fingerprint density at radius 1 is 1.29 bits per heavy atom. The van der Waals surface area contributed by atoms with E-state index in [0.29, 0.717) is 15.6 Å². The Morgan fingerprint density at radius 3 is 2.92 bits per heavy atom. The molecule has 4 nitrogen and oxygen atoms in total. The molecule has 0 saturated carbocycles. The summed E-state index contributed by atoms with van der Waals surface area (Å²) in [6.07, 6.45) is 4.83. The highest BCUT2D eigenvalue weighted by molar-refractivity contribution is 6.35. The highest BCUT2D eigenvalue weighted by Crippen LogP contribution is 2.22. The number of hydrogen-bond acceptors (Lipinski definition) is 3. The van der Waals surface area contributed by atoms with Gasteiger partial charge in [0.2, 0.25) is 0 Å². The molecule has 0 atom stereocenters. The number of carbonyl (C=O) groups is 1. The molecule has 0 fully saturated rings. The first-order valence-corrected chi connectivity index (χ1v) is 8.02. The second-order valence-corrected chi connectivity index (χ2v) is 6.02. The van der Waals surface area contributed by atoms with Crippen molar-refractivity contribution in [2.24, 2.45) is 0 Å². The van der Waals surface area contributed by atoms with E-state index in [4.69, 9.17) is 27.9 Å². The van der Waals surface area contributed by atoms with Crippen molar-refractivity contribution in [1.82, 2.24) is 9.38 Å². The second kappa shape index (κ2) is 7.07. The van der Waals surface area contributed by atoms with E-state index >= 15 is 0 Å². The molecule has 2 aromatic heterocycles. The Labute approximate surface area is 149 Å². The zero-order chi connectivity index (χ0) is 17.1. The zero-order valence-corrected chi connectivity index (χ0v) is 14.4. The Bertz CT molecular complexity index is 932. The topological polar surface area (TPSA) is 43.6 Å². The van der Waals surface area contributed by atoms with E-state index in [2.05, 4.69) is 4.98 Å². The number of esters is 1. The van der Waals surface area contributed by atoms with Crippen LogP contribution in [0, 0.1) is 6.92 Å². The summed E-state index contributed by atoms with van der Waals surface area (Å²) in [5, 5.41) is 1.02. The van der Waals surface area contributed by atoms with Crippen molar-refractivity contribution in [3.05, 3.63) is 75.7 Å². The van der Waals surface area contributed by atoms with Gasteiger partial charge in [-0.3, -0.25) is 0 Å². The number of aromatic nitrogens is 2. The van der Waals surface area contributed by atoms with Gasteiger partial charge in [0.25, 0.3) is 0 Å². The summed E-state index contributed by atoms with van der Waals surface area (Å²) in [4.78, 5) is 16.4. The van der Waals surface area contributed by atoms with Crippen LogP contribution in [-0.4, -0.2) is 15.4 Å². The average molecular weight is 361 g/mol. The molecule has 0 saturated heterocycles. The SMILES string of the molecule is Cc1nc2ccccn2c1COC(=O)/C=C/c1ccc(Cl)cc1Cl. The van der Waals surface area contributed by atoms with Crippen LogP contribution in [0.15, 0.2) is 48.7 Å². The Kier molecular flexibility index (Phi) is 4.88. The molecule has 0 aliphatic carbocycles. The molecule has 0 spiro atoms. The van der Waals surface area contributed by atoms with E-state index in [1.165, 1.54) is 6.08 Å². The fourth-order valence-corrected chi connectivity index (χ4v) is 2.79. The number of carbonyl (C=O) groups excluding carboxylic acids is 1. The monoisotopic (exact) mass is 360 g/mol. The predicted octanol–water partition coefficient (Wildman–Crippen LogP) is 4.71. The fraction of sp³-hybridized carbons (Fsp3) is 0.111. The van der Waals surface area contributed by atoms with Crippen LogP contribution >= 0.6 is 23.2 Å². The molecule has 0 amide bonds. The summed E-state index contributed by atoms with van der Waals surface area (Å²) in [6, 6.07) is 10.8. The quantitative estimate of drug-likeness (QED) is 0.500. The molecule has 0 N–H and O–H groups in total. The molecule has 0 radical (unpaired) electrons. The first kappa shape index (κ1) is 16.6. The van der Waals surface area contributed by atoms with Crippen LogP contribution in [-0.2, 0) is 16.1 Å². The summed E-state index contributed by atoms with van der Waals surface area (Å²) >= 11 is 11.9. The van der Waals surface area contributed by atoms with Crippen LogP contribution in [0.25, 0.3) is 11.7 Å². The maximum absolute atomic E-state index is 11.9. The van der Waals surface area contributed by atoms with Gasteiger partial charge in [-0.2, -0.15) is 0 Å². The van der Waals surface area contributed by atoms with Gasteiger partial charge in [-0.1, -0.05) is 35.3 Å². The van der Waals surface area contributed by atoms with E-state index in [0.717, 1.165) is 17.0 Å². The number of nitrogens with zero attached hydrogens (tertiary/aromatic N) is 2. The maximum atomic E-state index is 11.9. The largest absolute Gasteiger partial charge is 0.456 e. The third kappa shape index (κ3) is 3.61. The van der Waals surface area contributed by atoms with Crippen LogP contribution in [0.5, 0.6) is 0 Å². The zero-order valence-electron chi connectivity index (χ0n) is 12.9. The molecule has 0 aliphatic heterocycles. The first-order valence-electron chi connectivity index (χ1n) is 7.27. The highest BCUT2D eigenvalue weighted by atomic mass is 35.5. The average Bonchev–Trinajstić information content (AvgIpc) is 2.87. The number of rotatable bonds is 4. The van der Waals surface area contributed by atoms with Gasteiger partial charge in [-0.05, 0) is 42.8 Å². The molecule has 2 heterocycles. The van der Waals surface area contributed by atoms with Crippen molar-refractivity contribution < 1.29 is 9.53 Å². The van der Waals surface area contributed by atoms with Gasteiger partial charge < -0.3 is 9.14 Å². The maximum Gasteiger partial charge on any atom is 0.331 e. The van der Waals surface area contributed by atoms with Gasteiger partial charge in [0.05, 0.1) is 11.4 Å². The Hall–Kier alpha value is -2.30. The molecule has 0 bridgehead atoms. The number of pyridine rings is 1. The smallest absolute Gasteiger partial charge is 0.331 e. The molecule has 1 aromatic carbocycles. The van der Waals surface area contributed by atoms with Crippen LogP contribution < -0.4 is 0 Å². The van der Waals surface area contributed by atoms with Gasteiger partial charge in [0.15, 0.2) is 0 Å². The number of imidazole rings is 1. The summed E-state index contributed by atoms with van der Waals surface area (Å²) < 4.78 is 7.21. The second-order valence-electron chi connectivity index (χ2n) is 5.18. The molecular formula is C18H14Cl2N2O2. The van der Waals surface area contributed by atoms with E-state index in [1.54, 1.807) is 24.3 Å². The highest BCUT2D eigenvalue weighted by Gasteiger charge is 2.09. The van der Waals surface area contributed by atoms with E-state index < -0.39 is 5.97 Å². The molecule has 3 rings (SSSR count). The number of fused-ring (bicyclic) bond motifs is 1. The fourth-order valence-electron chi connectivity index (χ4n) is 2.32. The van der Waals surface area contributed by atoms with Crippen LogP contribution in [0.4, 0.5) is 0 Å². The number of halogens is 2. The van der Waals surface area contributed by atoms with Crippen molar-refractivity contribution in [3.8, 4) is 0 Å². The van der Waals surface area contributed by atoms with Gasteiger partial charge in [0.1, 0.15) is 12.3 Å². The normalized spacial score (nSPS) is 11.3. The van der Waals surface area contributed by atoms with Gasteiger partial charge in [0, 0.05) is 22.3 Å². The first-order chi connectivity index (χ1) is 11.5. The molecule has 122 valence electrons. The van der Waals surface area contributed by atoms with Gasteiger partial charge >= 0.3 is 5.97 Å². The minimum atomic E-state index is -0.453. The molecule has 3 aromatic rings. The Morgan fingerprint density at radius 2 is 2.12 bits per heavy atom. The van der Waals surface area contributed by atoms with E-state index in [1.807, 2.05) is 35.7 Å². The van der Waals surface area contributed by atoms with Gasteiger partial charge in [-0.15, -0.1) is 0 Å². The lowest BCUT2D eigenvalue weighted by Crippen LogP contribution is -2.04. The minimum absolute atomic E-state index is 0.147. The molecular weight excluding hydrogens is 347 g/mol. The van der Waals surface area contributed by atoms with Crippen molar-refractivity contribution in [2.75, 3.05) is 0 Å². The third-order valence-electron chi connectivity index (χ3n) is 3.54. The van der Waals surface area contributed by atoms with Crippen molar-refractivity contribution in [1.29, 1.82) is 0 Å². The number of benzene rings is 1. The van der Waals surface area contributed by atoms with Gasteiger partial charge in [-0.25, -0.2) is 9.78 Å². The number of hydrogen-bond donors (Lipinski definition) is 0. The van der Waals surface area contributed by atoms with E-state index in [-0.39, 0.29) is 6.61 Å². The standard InChI is InChI=1S/C18H14Cl2N2O2/c1-12-16(22-9-3-2-4-17(22)21-12)11-24-18(23)8-6-13-5-7-14(19)10-15(13)20/h2-10H,11H2,1H3/b8-6+. The van der Waals surface area contributed by atoms with Crippen molar-refractivity contribution in [3.63, 3.8) is 0 Å². The molecule has 0 unspecified atom stereocenters. The van der Waals surface area contributed by atoms with Crippen LogP contribution in [0.2, 0.25) is 10.0 Å². The molecule has 24 heavy (non-hydrogen) atoms. The predicted molar refractivity (Wildman–Crippen MR) is 95.2 cm³/mol. The lowest BCUT2D eigenvalue weighted by atomic mass is 10.2. The minimum Gasteiger partial charge on any atom is -0.456 e. The molecule has 6 heteroatoms. The summed E-state index contributed by atoms with van der Waals surface area (Å²) in [6.45, 7) is 2.04. The van der Waals surface area contributed by atoms with Crippen molar-refractivity contribution >= 4 is 40.9 Å².